The molecule has 0 bridgehead atoms. The zero-order chi connectivity index (χ0) is 11.8. The summed E-state index contributed by atoms with van der Waals surface area (Å²) >= 11 is 0. The van der Waals surface area contributed by atoms with Gasteiger partial charge in [-0.05, 0) is 24.1 Å². The normalized spacial score (nSPS) is 17.5. The largest absolute Gasteiger partial charge is 0.344 e. The molecule has 17 heavy (non-hydrogen) atoms. The second-order valence-corrected chi connectivity index (χ2v) is 4.27. The molecule has 1 aromatic rings. The van der Waals surface area contributed by atoms with Gasteiger partial charge in [-0.25, -0.2) is 0 Å². The van der Waals surface area contributed by atoms with Crippen LogP contribution >= 0.6 is 0 Å². The summed E-state index contributed by atoms with van der Waals surface area (Å²) in [6.45, 7) is 0. The van der Waals surface area contributed by atoms with Crippen LogP contribution in [0.15, 0.2) is 53.8 Å². The third kappa shape index (κ3) is 1.37. The van der Waals surface area contributed by atoms with Crippen LogP contribution in [0, 0.1) is 0 Å². The second-order valence-electron chi connectivity index (χ2n) is 4.27. The van der Waals surface area contributed by atoms with Crippen LogP contribution in [0.25, 0.3) is 5.57 Å². The number of para-hydroxylation sites is 1. The molecule has 1 aromatic carbocycles. The highest BCUT2D eigenvalue weighted by Gasteiger charge is 2.25. The number of hydrogen-bond acceptors (Lipinski definition) is 2. The van der Waals surface area contributed by atoms with E-state index >= 15 is 0 Å². The van der Waals surface area contributed by atoms with Gasteiger partial charge in [0, 0.05) is 29.6 Å². The van der Waals surface area contributed by atoms with E-state index in [1.807, 2.05) is 31.3 Å². The zero-order valence-electron chi connectivity index (χ0n) is 9.68. The van der Waals surface area contributed by atoms with Crippen LogP contribution in [0.5, 0.6) is 0 Å². The Morgan fingerprint density at radius 1 is 1.29 bits per heavy atom. The van der Waals surface area contributed by atoms with Gasteiger partial charge in [0.25, 0.3) is 0 Å². The van der Waals surface area contributed by atoms with Crippen molar-refractivity contribution < 1.29 is 4.79 Å². The number of benzene rings is 1. The maximum absolute atomic E-state index is 11.4. The number of rotatable bonds is 1. The van der Waals surface area contributed by atoms with Gasteiger partial charge in [-0.2, -0.15) is 0 Å². The molecule has 2 aliphatic rings. The first-order chi connectivity index (χ1) is 8.33. The van der Waals surface area contributed by atoms with E-state index in [4.69, 9.17) is 0 Å². The Hall–Kier alpha value is -2.09. The lowest BCUT2D eigenvalue weighted by molar-refractivity contribution is -0.103. The van der Waals surface area contributed by atoms with Crippen molar-refractivity contribution in [1.29, 1.82) is 0 Å². The number of nitrogens with zero attached hydrogens (tertiary/aromatic N) is 1. The van der Waals surface area contributed by atoms with Crippen LogP contribution in [-0.4, -0.2) is 13.3 Å². The number of fused-ring (bicyclic) bond motifs is 2. The highest BCUT2D eigenvalue weighted by Crippen LogP contribution is 2.40. The highest BCUT2D eigenvalue weighted by atomic mass is 16.1. The molecule has 0 aromatic heterocycles. The first kappa shape index (κ1) is 10.1. The summed E-state index contributed by atoms with van der Waals surface area (Å²) in [5.41, 5.74) is 5.22. The fourth-order valence-electron chi connectivity index (χ4n) is 2.53. The van der Waals surface area contributed by atoms with Crippen molar-refractivity contribution in [3.63, 3.8) is 0 Å². The topological polar surface area (TPSA) is 20.3 Å². The number of aldehydes is 1. The summed E-state index contributed by atoms with van der Waals surface area (Å²) in [6.07, 6.45) is 8.01. The molecule has 2 nitrogen and oxygen atoms in total. The van der Waals surface area contributed by atoms with Gasteiger partial charge < -0.3 is 4.90 Å². The van der Waals surface area contributed by atoms with Crippen molar-refractivity contribution in [3.05, 3.63) is 59.3 Å². The lowest BCUT2D eigenvalue weighted by Gasteiger charge is -2.33. The molecule has 0 amide bonds. The minimum atomic E-state index is 0.828. The summed E-state index contributed by atoms with van der Waals surface area (Å²) in [7, 11) is 2.05. The molecular weight excluding hydrogens is 210 g/mol. The molecule has 0 saturated carbocycles. The molecule has 0 radical (unpaired) electrons. The number of hydrogen-bond donors (Lipinski definition) is 0. The first-order valence-corrected chi connectivity index (χ1v) is 5.71. The number of allylic oxidation sites excluding steroid dienone is 5. The summed E-state index contributed by atoms with van der Waals surface area (Å²) in [5, 5.41) is 0. The van der Waals surface area contributed by atoms with Gasteiger partial charge in [0.1, 0.15) is 0 Å². The predicted octanol–water partition coefficient (Wildman–Crippen LogP) is 2.93. The smallest absolute Gasteiger partial charge is 0.151 e. The maximum atomic E-state index is 11.4. The monoisotopic (exact) mass is 223 g/mol. The highest BCUT2D eigenvalue weighted by molar-refractivity contribution is 6.13. The zero-order valence-corrected chi connectivity index (χ0v) is 9.68. The summed E-state index contributed by atoms with van der Waals surface area (Å²) in [4.78, 5) is 13.5. The van der Waals surface area contributed by atoms with Crippen molar-refractivity contribution in [3.8, 4) is 0 Å². The van der Waals surface area contributed by atoms with Crippen molar-refractivity contribution in [2.24, 2.45) is 0 Å². The fraction of sp³-hybridized carbons (Fsp3) is 0.133. The van der Waals surface area contributed by atoms with Crippen molar-refractivity contribution in [1.82, 2.24) is 0 Å². The van der Waals surface area contributed by atoms with Gasteiger partial charge in [0.2, 0.25) is 0 Å². The van der Waals surface area contributed by atoms with E-state index in [1.54, 1.807) is 0 Å². The number of likely N-dealkylation sites (N-methyl/N-ethyl adjacent to an activating group) is 1. The van der Waals surface area contributed by atoms with Crippen LogP contribution in [0.2, 0.25) is 0 Å². The Bertz CT molecular complexity index is 578. The molecule has 2 heteroatoms. The quantitative estimate of drug-likeness (QED) is 0.682. The Morgan fingerprint density at radius 2 is 2.12 bits per heavy atom. The minimum Gasteiger partial charge on any atom is -0.344 e. The number of anilines is 1. The molecule has 0 unspecified atom stereocenters. The Kier molecular flexibility index (Phi) is 2.22. The lowest BCUT2D eigenvalue weighted by atomic mass is 9.88. The second kappa shape index (κ2) is 3.74. The molecule has 0 saturated heterocycles. The summed E-state index contributed by atoms with van der Waals surface area (Å²) in [5.74, 6) is 0. The van der Waals surface area contributed by atoms with Gasteiger partial charge in [-0.1, -0.05) is 30.4 Å². The molecule has 0 atom stereocenters. The third-order valence-corrected chi connectivity index (χ3v) is 3.38. The average Bonchev–Trinajstić information content (AvgIpc) is 2.40. The van der Waals surface area contributed by atoms with Gasteiger partial charge in [0.05, 0.1) is 0 Å². The standard InChI is InChI=1S/C15H13NO/c1-16-14-8-4-2-6-11(14)13(10-17)12-7-3-5-9-15(12)16/h2-6,8-10H,7H2,1H3. The van der Waals surface area contributed by atoms with E-state index in [0.29, 0.717) is 0 Å². The van der Waals surface area contributed by atoms with Gasteiger partial charge in [-0.3, -0.25) is 4.79 Å². The van der Waals surface area contributed by atoms with E-state index in [1.165, 1.54) is 0 Å². The lowest BCUT2D eigenvalue weighted by Crippen LogP contribution is -2.24. The Morgan fingerprint density at radius 3 is 2.94 bits per heavy atom. The SMILES string of the molecule is CN1C2=CC=CCC2=C(C=O)c2ccccc21. The molecule has 84 valence electrons. The number of carbonyl (C=O) groups is 1. The van der Waals surface area contributed by atoms with E-state index < -0.39 is 0 Å². The third-order valence-electron chi connectivity index (χ3n) is 3.38. The van der Waals surface area contributed by atoms with Gasteiger partial charge >= 0.3 is 0 Å². The average molecular weight is 223 g/mol. The molecule has 3 rings (SSSR count). The first-order valence-electron chi connectivity index (χ1n) is 5.71. The molecular formula is C15H13NO. The maximum Gasteiger partial charge on any atom is 0.151 e. The van der Waals surface area contributed by atoms with E-state index in [2.05, 4.69) is 23.1 Å². The van der Waals surface area contributed by atoms with Crippen LogP contribution < -0.4 is 4.90 Å². The van der Waals surface area contributed by atoms with E-state index in [0.717, 1.165) is 40.8 Å². The summed E-state index contributed by atoms with van der Waals surface area (Å²) in [6, 6.07) is 8.04. The molecule has 1 heterocycles. The summed E-state index contributed by atoms with van der Waals surface area (Å²) < 4.78 is 0. The predicted molar refractivity (Wildman–Crippen MR) is 69.7 cm³/mol. The van der Waals surface area contributed by atoms with Gasteiger partial charge in [0.15, 0.2) is 6.29 Å². The minimum absolute atomic E-state index is 0.828. The van der Waals surface area contributed by atoms with Crippen LogP contribution in [0.4, 0.5) is 5.69 Å². The van der Waals surface area contributed by atoms with Crippen molar-refractivity contribution in [2.45, 2.75) is 6.42 Å². The molecule has 1 aliphatic carbocycles. The fourth-order valence-corrected chi connectivity index (χ4v) is 2.53. The molecule has 0 spiro atoms. The van der Waals surface area contributed by atoms with E-state index in [-0.39, 0.29) is 0 Å². The van der Waals surface area contributed by atoms with E-state index in [9.17, 15) is 4.79 Å². The van der Waals surface area contributed by atoms with Crippen molar-refractivity contribution >= 4 is 17.5 Å². The van der Waals surface area contributed by atoms with Gasteiger partial charge in [-0.15, -0.1) is 0 Å². The Labute approximate surface area is 101 Å². The van der Waals surface area contributed by atoms with Crippen LogP contribution in [-0.2, 0) is 4.79 Å². The Balaban J connectivity index is 2.32. The van der Waals surface area contributed by atoms with Crippen LogP contribution in [0.3, 0.4) is 0 Å². The molecule has 1 aliphatic heterocycles. The molecule has 0 fully saturated rings. The van der Waals surface area contributed by atoms with Crippen molar-refractivity contribution in [2.75, 3.05) is 11.9 Å². The number of carbonyl (C=O) groups excluding carboxylic acids is 1. The van der Waals surface area contributed by atoms with Crippen LogP contribution in [0.1, 0.15) is 12.0 Å². The molecule has 0 N–H and O–H groups in total.